The van der Waals surface area contributed by atoms with Crippen LogP contribution in [-0.2, 0) is 14.3 Å². The molecule has 0 saturated carbocycles. The van der Waals surface area contributed by atoms with Crippen LogP contribution in [-0.4, -0.2) is 70.1 Å². The van der Waals surface area contributed by atoms with E-state index in [9.17, 15) is 9.59 Å². The molecule has 0 aliphatic rings. The summed E-state index contributed by atoms with van der Waals surface area (Å²) in [6, 6.07) is 0. The normalized spacial score (nSPS) is 7.40. The first-order chi connectivity index (χ1) is 4.16. The smallest absolute Gasteiger partial charge is 0.434 e. The Hall–Kier alpha value is 0.576. The van der Waals surface area contributed by atoms with E-state index in [-0.39, 0.29) is 58.0 Å². The average molecular weight is 171 g/mol. The first-order valence-corrected chi connectivity index (χ1v) is 2.52. The van der Waals surface area contributed by atoms with Gasteiger partial charge in [0.05, 0.1) is 6.61 Å². The quantitative estimate of drug-likeness (QED) is 0.324. The van der Waals surface area contributed by atoms with E-state index < -0.39 is 12.1 Å². The maximum atomic E-state index is 10.2. The van der Waals surface area contributed by atoms with Crippen LogP contribution in [0.25, 0.3) is 0 Å². The summed E-state index contributed by atoms with van der Waals surface area (Å²) in [7, 11) is 0. The Morgan fingerprint density at radius 3 is 2.20 bits per heavy atom. The number of hydrogen-bond acceptors (Lipinski definition) is 4. The fraction of sp³-hybridized carbons (Fsp3) is 0.600. The van der Waals surface area contributed by atoms with Crippen LogP contribution in [0.5, 0.6) is 0 Å². The fourth-order valence-corrected chi connectivity index (χ4v) is 0.265. The molecule has 0 aromatic carbocycles. The molecule has 0 heterocycles. The van der Waals surface area contributed by atoms with Crippen LogP contribution < -0.4 is 0 Å². The molecule has 53 valence electrons. The molecule has 0 N–H and O–H groups in total. The summed E-state index contributed by atoms with van der Waals surface area (Å²) in [6.07, 6.45) is -0.940. The van der Waals surface area contributed by atoms with Crippen molar-refractivity contribution in [2.24, 2.45) is 0 Å². The van der Waals surface area contributed by atoms with Crippen molar-refractivity contribution in [1.82, 2.24) is 0 Å². The van der Waals surface area contributed by atoms with Gasteiger partial charge in [-0.2, -0.15) is 0 Å². The second-order valence-corrected chi connectivity index (χ2v) is 1.28. The third kappa shape index (κ3) is 8.58. The Morgan fingerprint density at radius 2 is 1.90 bits per heavy atom. The first kappa shape index (κ1) is 13.2. The van der Waals surface area contributed by atoms with Gasteiger partial charge in [-0.25, -0.2) is 4.79 Å². The molecule has 1 radical (unpaired) electrons. The second-order valence-electron chi connectivity index (χ2n) is 1.28. The third-order valence-electron chi connectivity index (χ3n) is 0.489. The number of esters is 1. The molecule has 0 aromatic heterocycles. The van der Waals surface area contributed by atoms with Gasteiger partial charge in [0.25, 0.3) is 0 Å². The van der Waals surface area contributed by atoms with E-state index >= 15 is 0 Å². The Balaban J connectivity index is 0. The van der Waals surface area contributed by atoms with E-state index in [0.717, 1.165) is 6.92 Å². The molecule has 0 unspecified atom stereocenters. The Kier molecular flexibility index (Phi) is 10.1. The molecule has 0 aromatic rings. The molecule has 5 heteroatoms. The molecule has 0 aliphatic carbocycles. The van der Waals surface area contributed by atoms with Crippen molar-refractivity contribution >= 4 is 63.5 Å². The second kappa shape index (κ2) is 7.68. The van der Waals surface area contributed by atoms with Crippen molar-refractivity contribution in [1.29, 1.82) is 0 Å². The predicted octanol–water partition coefficient (Wildman–Crippen LogP) is 0.325. The van der Waals surface area contributed by atoms with Crippen LogP contribution >= 0.6 is 0 Å². The Labute approximate surface area is 102 Å². The molecule has 0 saturated heterocycles. The van der Waals surface area contributed by atoms with Gasteiger partial charge >= 0.3 is 12.1 Å². The molecule has 0 bridgehead atoms. The van der Waals surface area contributed by atoms with Crippen LogP contribution in [0.15, 0.2) is 0 Å². The standard InChI is InChI=1S/C5H8O4.K/c1-3-8-5(7)9-4(2)6;/h3H2,1-2H3;. The summed E-state index contributed by atoms with van der Waals surface area (Å²) in [6.45, 7) is 2.98. The van der Waals surface area contributed by atoms with Gasteiger partial charge in [-0.15, -0.1) is 0 Å². The SMILES string of the molecule is CCOC(=O)OC(C)=O.[K]. The summed E-state index contributed by atoms with van der Waals surface area (Å²) >= 11 is 0. The Bertz CT molecular complexity index is 123. The van der Waals surface area contributed by atoms with Crippen molar-refractivity contribution in [3.63, 3.8) is 0 Å². The van der Waals surface area contributed by atoms with Gasteiger partial charge in [0.2, 0.25) is 0 Å². The van der Waals surface area contributed by atoms with Crippen LogP contribution in [0.1, 0.15) is 13.8 Å². The van der Waals surface area contributed by atoms with Crippen LogP contribution in [0.2, 0.25) is 0 Å². The van der Waals surface area contributed by atoms with E-state index in [0.29, 0.717) is 0 Å². The largest absolute Gasteiger partial charge is 0.516 e. The zero-order valence-electron chi connectivity index (χ0n) is 6.34. The molecule has 0 rings (SSSR count). The van der Waals surface area contributed by atoms with Crippen molar-refractivity contribution in [3.8, 4) is 0 Å². The van der Waals surface area contributed by atoms with E-state index in [1.165, 1.54) is 0 Å². The summed E-state index contributed by atoms with van der Waals surface area (Å²) in [4.78, 5) is 20.2. The summed E-state index contributed by atoms with van der Waals surface area (Å²) in [5.74, 6) is -0.659. The zero-order chi connectivity index (χ0) is 7.28. The zero-order valence-corrected chi connectivity index (χ0v) is 9.46. The van der Waals surface area contributed by atoms with E-state index in [2.05, 4.69) is 9.47 Å². The van der Waals surface area contributed by atoms with Crippen LogP contribution in [0.4, 0.5) is 4.79 Å². The van der Waals surface area contributed by atoms with Gasteiger partial charge in [0.1, 0.15) is 0 Å². The molecule has 0 amide bonds. The van der Waals surface area contributed by atoms with Gasteiger partial charge in [-0.05, 0) is 6.92 Å². The van der Waals surface area contributed by atoms with Gasteiger partial charge in [-0.1, -0.05) is 0 Å². The summed E-state index contributed by atoms with van der Waals surface area (Å²) in [5, 5.41) is 0. The molecule has 10 heavy (non-hydrogen) atoms. The number of carbonyl (C=O) groups is 2. The first-order valence-electron chi connectivity index (χ1n) is 2.52. The van der Waals surface area contributed by atoms with Crippen molar-refractivity contribution < 1.29 is 19.1 Å². The van der Waals surface area contributed by atoms with E-state index in [4.69, 9.17) is 0 Å². The van der Waals surface area contributed by atoms with Crippen molar-refractivity contribution in [2.75, 3.05) is 6.61 Å². The van der Waals surface area contributed by atoms with Crippen molar-refractivity contribution in [2.45, 2.75) is 13.8 Å². The van der Waals surface area contributed by atoms with Crippen LogP contribution in [0, 0.1) is 0 Å². The summed E-state index contributed by atoms with van der Waals surface area (Å²) in [5.41, 5.74) is 0. The van der Waals surface area contributed by atoms with Gasteiger partial charge in [-0.3, -0.25) is 4.79 Å². The summed E-state index contributed by atoms with van der Waals surface area (Å²) < 4.78 is 8.26. The topological polar surface area (TPSA) is 52.6 Å². The minimum Gasteiger partial charge on any atom is -0.434 e. The molecule has 0 atom stereocenters. The molecular weight excluding hydrogens is 163 g/mol. The molecule has 0 fully saturated rings. The van der Waals surface area contributed by atoms with Crippen molar-refractivity contribution in [3.05, 3.63) is 0 Å². The number of hydrogen-bond donors (Lipinski definition) is 0. The van der Waals surface area contributed by atoms with Crippen LogP contribution in [0.3, 0.4) is 0 Å². The van der Waals surface area contributed by atoms with E-state index in [1.54, 1.807) is 6.92 Å². The maximum Gasteiger partial charge on any atom is 0.516 e. The number of rotatable bonds is 1. The molecule has 0 aliphatic heterocycles. The monoisotopic (exact) mass is 171 g/mol. The minimum atomic E-state index is -0.940. The van der Waals surface area contributed by atoms with Gasteiger partial charge in [0.15, 0.2) is 0 Å². The third-order valence-corrected chi connectivity index (χ3v) is 0.489. The fourth-order valence-electron chi connectivity index (χ4n) is 0.265. The Morgan fingerprint density at radius 1 is 1.40 bits per heavy atom. The number of ether oxygens (including phenoxy) is 2. The number of carbonyl (C=O) groups excluding carboxylic acids is 2. The van der Waals surface area contributed by atoms with Gasteiger partial charge in [0, 0.05) is 58.3 Å². The maximum absolute atomic E-state index is 10.2. The van der Waals surface area contributed by atoms with Gasteiger partial charge < -0.3 is 9.47 Å². The minimum absolute atomic E-state index is 0. The molecule has 4 nitrogen and oxygen atoms in total. The van der Waals surface area contributed by atoms with E-state index in [1.807, 2.05) is 0 Å². The molecular formula is C5H8KO4. The predicted molar refractivity (Wildman–Crippen MR) is 34.5 cm³/mol. The average Bonchev–Trinajstić information content (AvgIpc) is 1.63. The molecule has 0 spiro atoms.